The molecule has 600 valence electrons. The van der Waals surface area contributed by atoms with E-state index in [4.69, 9.17) is 37.0 Å². The lowest BCUT2D eigenvalue weighted by molar-refractivity contribution is -0.161. The van der Waals surface area contributed by atoms with Crippen LogP contribution in [0.15, 0.2) is 0 Å². The second-order valence-corrected chi connectivity index (χ2v) is 33.1. The second kappa shape index (κ2) is 73.6. The zero-order chi connectivity index (χ0) is 74.2. The van der Waals surface area contributed by atoms with Crippen LogP contribution in [0.4, 0.5) is 0 Å². The Morgan fingerprint density at radius 1 is 0.287 bits per heavy atom. The Labute approximate surface area is 619 Å². The molecule has 0 bridgehead atoms. The van der Waals surface area contributed by atoms with Crippen LogP contribution in [0.5, 0.6) is 0 Å². The fourth-order valence-corrected chi connectivity index (χ4v) is 14.3. The number of phosphoric acid groups is 2. The van der Waals surface area contributed by atoms with Gasteiger partial charge in [-0.3, -0.25) is 37.3 Å². The first-order valence-corrected chi connectivity index (χ1v) is 45.5. The maximum Gasteiger partial charge on any atom is 0.472 e. The van der Waals surface area contributed by atoms with Crippen molar-refractivity contribution in [1.82, 2.24) is 0 Å². The van der Waals surface area contributed by atoms with Crippen LogP contribution >= 0.6 is 15.6 Å². The molecule has 0 saturated carbocycles. The van der Waals surface area contributed by atoms with Gasteiger partial charge in [0.25, 0.3) is 0 Å². The number of ether oxygens (including phenoxy) is 4. The normalized spacial score (nSPS) is 14.2. The second-order valence-electron chi connectivity index (χ2n) is 30.2. The van der Waals surface area contributed by atoms with Crippen LogP contribution in [0.3, 0.4) is 0 Å². The minimum absolute atomic E-state index is 0.107. The van der Waals surface area contributed by atoms with E-state index in [9.17, 15) is 43.2 Å². The van der Waals surface area contributed by atoms with Crippen molar-refractivity contribution in [3.05, 3.63) is 0 Å². The van der Waals surface area contributed by atoms with E-state index >= 15 is 0 Å². The molecule has 0 spiro atoms. The molecule has 0 saturated heterocycles. The van der Waals surface area contributed by atoms with E-state index in [0.717, 1.165) is 102 Å². The van der Waals surface area contributed by atoms with E-state index < -0.39 is 97.5 Å². The van der Waals surface area contributed by atoms with Crippen LogP contribution in [0.25, 0.3) is 0 Å². The molecule has 0 radical (unpaired) electrons. The van der Waals surface area contributed by atoms with E-state index in [-0.39, 0.29) is 25.7 Å². The van der Waals surface area contributed by atoms with Crippen LogP contribution in [0, 0.1) is 11.8 Å². The summed E-state index contributed by atoms with van der Waals surface area (Å²) >= 11 is 0. The van der Waals surface area contributed by atoms with Crippen molar-refractivity contribution in [2.75, 3.05) is 39.6 Å². The number of hydrogen-bond acceptors (Lipinski definition) is 15. The third kappa shape index (κ3) is 74.7. The highest BCUT2D eigenvalue weighted by molar-refractivity contribution is 7.47. The van der Waals surface area contributed by atoms with Gasteiger partial charge in [0.1, 0.15) is 19.3 Å². The Bertz CT molecular complexity index is 1940. The Hall–Kier alpha value is -1.94. The zero-order valence-corrected chi connectivity index (χ0v) is 68.0. The van der Waals surface area contributed by atoms with Crippen LogP contribution in [0.2, 0.25) is 0 Å². The summed E-state index contributed by atoms with van der Waals surface area (Å²) < 4.78 is 68.7. The molecule has 17 nitrogen and oxygen atoms in total. The lowest BCUT2D eigenvalue weighted by atomic mass is 9.99. The van der Waals surface area contributed by atoms with Gasteiger partial charge in [0.05, 0.1) is 26.4 Å². The van der Waals surface area contributed by atoms with Gasteiger partial charge in [0.2, 0.25) is 0 Å². The average molecular weight is 1480 g/mol. The van der Waals surface area contributed by atoms with Gasteiger partial charge in [-0.25, -0.2) is 9.13 Å². The summed E-state index contributed by atoms with van der Waals surface area (Å²) in [7, 11) is -9.92. The molecule has 0 aromatic heterocycles. The monoisotopic (exact) mass is 1480 g/mol. The number of esters is 4. The predicted molar refractivity (Wildman–Crippen MR) is 414 cm³/mol. The number of phosphoric ester groups is 2. The molecular formula is C82H160O17P2. The Morgan fingerprint density at radius 2 is 0.505 bits per heavy atom. The minimum atomic E-state index is -4.96. The number of hydrogen-bond donors (Lipinski definition) is 3. The fraction of sp³-hybridized carbons (Fsp3) is 0.951. The van der Waals surface area contributed by atoms with Crippen LogP contribution in [-0.2, 0) is 65.4 Å². The summed E-state index contributed by atoms with van der Waals surface area (Å²) in [5, 5.41) is 10.6. The molecule has 19 heteroatoms. The average Bonchev–Trinajstić information content (AvgIpc) is 1.56. The molecule has 0 aliphatic heterocycles. The summed E-state index contributed by atoms with van der Waals surface area (Å²) in [6, 6.07) is 0. The molecule has 6 atom stereocenters. The van der Waals surface area contributed by atoms with Gasteiger partial charge in [0, 0.05) is 25.7 Å². The summed E-state index contributed by atoms with van der Waals surface area (Å²) in [4.78, 5) is 73.0. The molecular weight excluding hydrogens is 1320 g/mol. The molecule has 0 aliphatic carbocycles. The van der Waals surface area contributed by atoms with E-state index in [1.54, 1.807) is 0 Å². The van der Waals surface area contributed by atoms with Gasteiger partial charge in [0.15, 0.2) is 12.2 Å². The lowest BCUT2D eigenvalue weighted by Crippen LogP contribution is -2.30. The molecule has 101 heavy (non-hydrogen) atoms. The van der Waals surface area contributed by atoms with Crippen molar-refractivity contribution >= 4 is 39.5 Å². The number of carbonyl (C=O) groups excluding carboxylic acids is 4. The Kier molecular flexibility index (Phi) is 72.2. The van der Waals surface area contributed by atoms with Gasteiger partial charge in [-0.1, -0.05) is 382 Å². The molecule has 0 fully saturated rings. The summed E-state index contributed by atoms with van der Waals surface area (Å²) in [5.41, 5.74) is 0. The van der Waals surface area contributed by atoms with E-state index in [1.807, 2.05) is 0 Å². The molecule has 0 amide bonds. The third-order valence-electron chi connectivity index (χ3n) is 19.6. The number of carbonyl (C=O) groups is 4. The highest BCUT2D eigenvalue weighted by atomic mass is 31.2. The SMILES string of the molecule is CCCCCCCCCCCCCC(=O)O[C@H](COC(=O)CCCCCCCCCCCC)COP(=O)(O)OC[C@H](O)COP(=O)(O)OC[C@@H](COC(=O)CCCCCCCCCCCCCCCCCC(C)C)OC(=O)CCCCCCCCCCCCCCCCCCCCC(C)CC. The molecule has 0 aliphatic rings. The Balaban J connectivity index is 5.19. The van der Waals surface area contributed by atoms with E-state index in [0.29, 0.717) is 25.7 Å². The maximum atomic E-state index is 13.1. The van der Waals surface area contributed by atoms with Crippen LogP contribution in [-0.4, -0.2) is 96.7 Å². The summed E-state index contributed by atoms with van der Waals surface area (Å²) in [5.74, 6) is -0.430. The van der Waals surface area contributed by atoms with E-state index in [1.165, 1.54) is 250 Å². The van der Waals surface area contributed by atoms with Gasteiger partial charge in [-0.15, -0.1) is 0 Å². The summed E-state index contributed by atoms with van der Waals surface area (Å²) in [6.07, 6.45) is 63.8. The highest BCUT2D eigenvalue weighted by Gasteiger charge is 2.30. The summed E-state index contributed by atoms with van der Waals surface area (Å²) in [6.45, 7) is 9.72. The van der Waals surface area contributed by atoms with Gasteiger partial charge < -0.3 is 33.8 Å². The molecule has 3 N–H and O–H groups in total. The highest BCUT2D eigenvalue weighted by Crippen LogP contribution is 2.45. The largest absolute Gasteiger partial charge is 0.472 e. The number of rotatable bonds is 81. The van der Waals surface area contributed by atoms with Crippen LogP contribution in [0.1, 0.15) is 433 Å². The molecule has 0 rings (SSSR count). The molecule has 3 unspecified atom stereocenters. The third-order valence-corrected chi connectivity index (χ3v) is 21.5. The molecule has 0 heterocycles. The first-order valence-electron chi connectivity index (χ1n) is 42.5. The molecule has 0 aromatic carbocycles. The van der Waals surface area contributed by atoms with Crippen molar-refractivity contribution in [2.45, 2.75) is 452 Å². The lowest BCUT2D eigenvalue weighted by Gasteiger charge is -2.21. The number of aliphatic hydroxyl groups is 1. The predicted octanol–water partition coefficient (Wildman–Crippen LogP) is 24.7. The van der Waals surface area contributed by atoms with Gasteiger partial charge >= 0.3 is 39.5 Å². The van der Waals surface area contributed by atoms with Crippen LogP contribution < -0.4 is 0 Å². The van der Waals surface area contributed by atoms with Crippen molar-refractivity contribution < 1.29 is 80.2 Å². The number of unbranched alkanes of at least 4 members (excludes halogenated alkanes) is 50. The number of aliphatic hydroxyl groups excluding tert-OH is 1. The van der Waals surface area contributed by atoms with Crippen molar-refractivity contribution in [3.63, 3.8) is 0 Å². The molecule has 0 aromatic rings. The van der Waals surface area contributed by atoms with Gasteiger partial charge in [-0.2, -0.15) is 0 Å². The minimum Gasteiger partial charge on any atom is -0.462 e. The van der Waals surface area contributed by atoms with Crippen molar-refractivity contribution in [2.24, 2.45) is 11.8 Å². The zero-order valence-electron chi connectivity index (χ0n) is 66.2. The van der Waals surface area contributed by atoms with Gasteiger partial charge in [-0.05, 0) is 37.5 Å². The maximum absolute atomic E-state index is 13.1. The topological polar surface area (TPSA) is 237 Å². The fourth-order valence-electron chi connectivity index (χ4n) is 12.7. The quantitative estimate of drug-likeness (QED) is 0.0222. The Morgan fingerprint density at radius 3 is 0.752 bits per heavy atom. The first kappa shape index (κ1) is 99.1. The first-order chi connectivity index (χ1) is 48.9. The smallest absolute Gasteiger partial charge is 0.462 e. The van der Waals surface area contributed by atoms with Crippen molar-refractivity contribution in [1.29, 1.82) is 0 Å². The van der Waals surface area contributed by atoms with E-state index in [2.05, 4.69) is 41.5 Å². The standard InChI is InChI=1S/C82H160O17P2/c1-7-10-12-14-16-18-33-42-48-54-60-66-81(86)98-77(70-92-79(84)64-58-52-46-40-19-17-15-13-11-8-2)72-96-100(88,89)94-68-76(83)69-95-101(90,91)97-73-78(71-93-80(85)65-59-53-47-41-36-31-28-24-25-29-34-38-44-50-56-62-74(4)5)99-82(87)67-61-55-49-43-37-32-27-23-21-20-22-26-30-35-39-45-51-57-63-75(6)9-3/h74-78,83H,7-73H2,1-6H3,(H,88,89)(H,90,91)/t75?,76-,77+,78+/m0/s1. The van der Waals surface area contributed by atoms with Crippen molar-refractivity contribution in [3.8, 4) is 0 Å².